The van der Waals surface area contributed by atoms with Crippen LogP contribution in [-0.2, 0) is 16.2 Å². The number of benzene rings is 2. The van der Waals surface area contributed by atoms with Gasteiger partial charge in [-0.2, -0.15) is 13.2 Å². The zero-order chi connectivity index (χ0) is 27.7. The zero-order valence-electron chi connectivity index (χ0n) is 20.5. The van der Waals surface area contributed by atoms with Crippen LogP contribution < -0.4 is 10.0 Å². The quantitative estimate of drug-likeness (QED) is 0.350. The number of rotatable bonds is 7. The molecule has 3 aromatic rings. The lowest BCUT2D eigenvalue weighted by molar-refractivity contribution is -0.137. The Balaban J connectivity index is 1.52. The first-order valence-electron chi connectivity index (χ1n) is 11.7. The van der Waals surface area contributed by atoms with E-state index in [9.17, 15) is 21.6 Å². The molecule has 1 fully saturated rings. The lowest BCUT2D eigenvalue weighted by Crippen LogP contribution is -2.47. The summed E-state index contributed by atoms with van der Waals surface area (Å²) in [7, 11) is -0.577. The zero-order valence-corrected chi connectivity index (χ0v) is 22.1. The number of hydrogen-bond acceptors (Lipinski definition) is 6. The molecule has 1 saturated carbocycles. The van der Waals surface area contributed by atoms with Gasteiger partial charge in [-0.15, -0.1) is 0 Å². The molecule has 0 amide bonds. The highest BCUT2D eigenvalue weighted by Crippen LogP contribution is 2.39. The molecule has 38 heavy (non-hydrogen) atoms. The van der Waals surface area contributed by atoms with Crippen LogP contribution >= 0.6 is 11.6 Å². The molecule has 0 unspecified atom stereocenters. The molecule has 7 nitrogen and oxygen atoms in total. The number of aromatic nitrogens is 2. The molecule has 2 N–H and O–H groups in total. The average Bonchev–Trinajstić information content (AvgIpc) is 2.86. The molecule has 0 saturated heterocycles. The van der Waals surface area contributed by atoms with Crippen LogP contribution in [0, 0.1) is 5.82 Å². The van der Waals surface area contributed by atoms with Gasteiger partial charge in [-0.25, -0.2) is 22.8 Å². The summed E-state index contributed by atoms with van der Waals surface area (Å²) in [6.07, 6.45) is -0.168. The minimum absolute atomic E-state index is 0.00645. The molecule has 2 aromatic carbocycles. The van der Waals surface area contributed by atoms with E-state index in [2.05, 4.69) is 20.0 Å². The van der Waals surface area contributed by atoms with E-state index in [1.54, 1.807) is 6.07 Å². The van der Waals surface area contributed by atoms with Crippen molar-refractivity contribution in [3.05, 3.63) is 77.0 Å². The summed E-state index contributed by atoms with van der Waals surface area (Å²) in [6.45, 7) is 0. The fraction of sp³-hybridized carbons (Fsp3) is 0.360. The second kappa shape index (κ2) is 11.0. The standard InChI is InChI=1S/C25H26ClF4N5O2S/c1-35(2)22-11-16(15-4-3-5-17(10-15)25(28,29)30)6-7-20(22)33-21-13-19(27)23(12-18(21)26)38(36,37)34-24-8-9-31-14-32-24/h3-5,8-10,12-14,16,20,22,33H,6-7,11H2,1-2H3,(H,31,32,34)/t16-,20-,22-/m0/s1. The van der Waals surface area contributed by atoms with Crippen molar-refractivity contribution in [3.8, 4) is 0 Å². The van der Waals surface area contributed by atoms with Crippen LogP contribution in [0.25, 0.3) is 0 Å². The third kappa shape index (κ3) is 6.36. The minimum Gasteiger partial charge on any atom is -0.379 e. The number of likely N-dealkylation sites (N-methyl/N-ethyl adjacent to an activating group) is 1. The number of halogens is 5. The van der Waals surface area contributed by atoms with Crippen LogP contribution in [0.3, 0.4) is 0 Å². The molecule has 1 aliphatic rings. The van der Waals surface area contributed by atoms with Crippen molar-refractivity contribution in [2.75, 3.05) is 24.1 Å². The van der Waals surface area contributed by atoms with Crippen molar-refractivity contribution in [3.63, 3.8) is 0 Å². The molecule has 0 spiro atoms. The molecule has 204 valence electrons. The molecule has 13 heteroatoms. The Morgan fingerprint density at radius 2 is 1.87 bits per heavy atom. The van der Waals surface area contributed by atoms with E-state index in [4.69, 9.17) is 11.6 Å². The lowest BCUT2D eigenvalue weighted by Gasteiger charge is -2.41. The summed E-state index contributed by atoms with van der Waals surface area (Å²) >= 11 is 6.37. The van der Waals surface area contributed by atoms with Crippen LogP contribution in [0.5, 0.6) is 0 Å². The normalized spacial score (nSPS) is 20.4. The van der Waals surface area contributed by atoms with Gasteiger partial charge in [-0.3, -0.25) is 4.72 Å². The summed E-state index contributed by atoms with van der Waals surface area (Å²) in [5, 5.41) is 3.23. The highest BCUT2D eigenvalue weighted by Gasteiger charge is 2.35. The Morgan fingerprint density at radius 1 is 1.11 bits per heavy atom. The first-order chi connectivity index (χ1) is 17.8. The Bertz CT molecular complexity index is 1390. The number of sulfonamides is 1. The van der Waals surface area contributed by atoms with Gasteiger partial charge in [-0.05, 0) is 69.1 Å². The van der Waals surface area contributed by atoms with Crippen LogP contribution in [0.2, 0.25) is 5.02 Å². The monoisotopic (exact) mass is 571 g/mol. The summed E-state index contributed by atoms with van der Waals surface area (Å²) in [5.41, 5.74) is 0.169. The molecular weight excluding hydrogens is 546 g/mol. The smallest absolute Gasteiger partial charge is 0.379 e. The predicted molar refractivity (Wildman–Crippen MR) is 137 cm³/mol. The van der Waals surface area contributed by atoms with Gasteiger partial charge in [0.15, 0.2) is 0 Å². The highest BCUT2D eigenvalue weighted by atomic mass is 35.5. The summed E-state index contributed by atoms with van der Waals surface area (Å²) in [6, 6.07) is 8.46. The van der Waals surface area contributed by atoms with Gasteiger partial charge in [0.25, 0.3) is 10.0 Å². The van der Waals surface area contributed by atoms with Crippen LogP contribution in [0.1, 0.15) is 36.3 Å². The average molecular weight is 572 g/mol. The molecule has 1 aromatic heterocycles. The van der Waals surface area contributed by atoms with Gasteiger partial charge in [0.1, 0.15) is 22.9 Å². The van der Waals surface area contributed by atoms with E-state index < -0.39 is 32.5 Å². The number of alkyl halides is 3. The van der Waals surface area contributed by atoms with E-state index in [0.717, 1.165) is 24.5 Å². The van der Waals surface area contributed by atoms with Crippen molar-refractivity contribution < 1.29 is 26.0 Å². The molecule has 0 aliphatic heterocycles. The third-order valence-electron chi connectivity index (χ3n) is 6.64. The van der Waals surface area contributed by atoms with Crippen molar-refractivity contribution in [2.45, 2.75) is 48.3 Å². The number of nitrogens with zero attached hydrogens (tertiary/aromatic N) is 3. The van der Waals surface area contributed by atoms with Crippen molar-refractivity contribution in [1.82, 2.24) is 14.9 Å². The predicted octanol–water partition coefficient (Wildman–Crippen LogP) is 5.77. The van der Waals surface area contributed by atoms with E-state index in [0.29, 0.717) is 24.8 Å². The molecule has 1 heterocycles. The summed E-state index contributed by atoms with van der Waals surface area (Å²) in [5.74, 6) is -1.11. The van der Waals surface area contributed by atoms with Gasteiger partial charge in [0, 0.05) is 18.3 Å². The molecule has 1 aliphatic carbocycles. The maximum atomic E-state index is 15.0. The van der Waals surface area contributed by atoms with Crippen molar-refractivity contribution >= 4 is 33.1 Å². The van der Waals surface area contributed by atoms with Crippen LogP contribution in [-0.4, -0.2) is 49.5 Å². The molecule has 4 rings (SSSR count). The van der Waals surface area contributed by atoms with Crippen LogP contribution in [0.15, 0.2) is 59.9 Å². The molecule has 3 atom stereocenters. The maximum Gasteiger partial charge on any atom is 0.416 e. The number of nitrogens with one attached hydrogen (secondary N) is 2. The molecular formula is C25H26ClF4N5O2S. The van der Waals surface area contributed by atoms with Gasteiger partial charge in [0.2, 0.25) is 0 Å². The largest absolute Gasteiger partial charge is 0.416 e. The SMILES string of the molecule is CN(C)[C@H]1C[C@@H](c2cccc(C(F)(F)F)c2)CC[C@@H]1Nc1cc(F)c(S(=O)(=O)Nc2ccncn2)cc1Cl. The van der Waals surface area contributed by atoms with E-state index in [-0.39, 0.29) is 34.5 Å². The fourth-order valence-corrected chi connectivity index (χ4v) is 6.12. The van der Waals surface area contributed by atoms with Crippen molar-refractivity contribution in [1.29, 1.82) is 0 Å². The Kier molecular flexibility index (Phi) is 8.15. The fourth-order valence-electron chi connectivity index (χ4n) is 4.75. The van der Waals surface area contributed by atoms with Gasteiger partial charge >= 0.3 is 6.18 Å². The van der Waals surface area contributed by atoms with Crippen LogP contribution in [0.4, 0.5) is 29.1 Å². The van der Waals surface area contributed by atoms with E-state index >= 15 is 4.39 Å². The Morgan fingerprint density at radius 3 is 2.53 bits per heavy atom. The van der Waals surface area contributed by atoms with Gasteiger partial charge in [0.05, 0.1) is 16.3 Å². The second-order valence-corrected chi connectivity index (χ2v) is 11.4. The Hall–Kier alpha value is -2.96. The minimum atomic E-state index is -4.42. The van der Waals surface area contributed by atoms with Gasteiger partial charge in [-0.1, -0.05) is 29.8 Å². The lowest BCUT2D eigenvalue weighted by atomic mass is 9.78. The first-order valence-corrected chi connectivity index (χ1v) is 13.6. The number of hydrogen-bond donors (Lipinski definition) is 2. The summed E-state index contributed by atoms with van der Waals surface area (Å²) in [4.78, 5) is 8.81. The Labute approximate surface area is 223 Å². The highest BCUT2D eigenvalue weighted by molar-refractivity contribution is 7.92. The van der Waals surface area contributed by atoms with E-state index in [1.807, 2.05) is 19.0 Å². The second-order valence-electron chi connectivity index (χ2n) is 9.38. The first kappa shape index (κ1) is 28.1. The van der Waals surface area contributed by atoms with Crippen molar-refractivity contribution in [2.24, 2.45) is 0 Å². The molecule has 0 bridgehead atoms. The molecule has 0 radical (unpaired) electrons. The van der Waals surface area contributed by atoms with E-state index in [1.165, 1.54) is 24.4 Å². The third-order valence-corrected chi connectivity index (χ3v) is 8.32. The topological polar surface area (TPSA) is 87.2 Å². The number of anilines is 2. The summed E-state index contributed by atoms with van der Waals surface area (Å²) < 4.78 is 82.3. The maximum absolute atomic E-state index is 15.0. The van der Waals surface area contributed by atoms with Gasteiger partial charge < -0.3 is 10.2 Å².